The Morgan fingerprint density at radius 3 is 2.66 bits per heavy atom. The van der Waals surface area contributed by atoms with Gasteiger partial charge in [0.05, 0.1) is 25.0 Å². The van der Waals surface area contributed by atoms with E-state index in [-0.39, 0.29) is 37.8 Å². The zero-order chi connectivity index (χ0) is 22.8. The molecule has 0 aliphatic heterocycles. The van der Waals surface area contributed by atoms with E-state index in [1.165, 1.54) is 35.7 Å². The molecule has 0 atom stereocenters. The molecule has 1 aromatic carbocycles. The van der Waals surface area contributed by atoms with Crippen LogP contribution in [0.5, 0.6) is 0 Å². The summed E-state index contributed by atoms with van der Waals surface area (Å²) in [7, 11) is 1.52. The number of ether oxygens (including phenoxy) is 1. The minimum atomic E-state index is -0.407. The molecule has 3 rings (SSSR count). The van der Waals surface area contributed by atoms with Crippen molar-refractivity contribution in [3.63, 3.8) is 0 Å². The van der Waals surface area contributed by atoms with Gasteiger partial charge >= 0.3 is 0 Å². The van der Waals surface area contributed by atoms with Crippen LogP contribution in [0.3, 0.4) is 0 Å². The molecule has 0 aliphatic rings. The van der Waals surface area contributed by atoms with Crippen molar-refractivity contribution >= 4 is 34.2 Å². The van der Waals surface area contributed by atoms with Crippen molar-refractivity contribution in [3.8, 4) is 0 Å². The lowest BCUT2D eigenvalue weighted by Gasteiger charge is -2.20. The maximum Gasteiger partial charge on any atom is 0.290 e. The highest BCUT2D eigenvalue weighted by atomic mass is 32.1. The van der Waals surface area contributed by atoms with Gasteiger partial charge in [-0.25, -0.2) is 4.98 Å². The number of benzene rings is 1. The number of thiazole rings is 1. The number of amides is 3. The Labute approximate surface area is 189 Å². The first-order chi connectivity index (χ1) is 15.5. The molecule has 0 fully saturated rings. The Balaban J connectivity index is 1.50. The van der Waals surface area contributed by atoms with E-state index in [2.05, 4.69) is 15.6 Å². The summed E-state index contributed by atoms with van der Waals surface area (Å²) < 4.78 is 10.2. The van der Waals surface area contributed by atoms with E-state index in [1.54, 1.807) is 11.4 Å². The lowest BCUT2D eigenvalue weighted by Crippen LogP contribution is -2.39. The third-order valence-electron chi connectivity index (χ3n) is 4.39. The molecule has 10 heteroatoms. The van der Waals surface area contributed by atoms with Gasteiger partial charge in [-0.05, 0) is 17.7 Å². The van der Waals surface area contributed by atoms with Crippen LogP contribution in [0, 0.1) is 0 Å². The van der Waals surface area contributed by atoms with Crippen LogP contribution in [0.1, 0.15) is 21.8 Å². The highest BCUT2D eigenvalue weighted by Gasteiger charge is 2.21. The summed E-state index contributed by atoms with van der Waals surface area (Å²) in [5, 5.41) is 7.59. The third-order valence-corrected chi connectivity index (χ3v) is 5.20. The number of aromatic nitrogens is 1. The molecule has 2 aromatic heterocycles. The number of anilines is 1. The third kappa shape index (κ3) is 7.03. The van der Waals surface area contributed by atoms with Gasteiger partial charge in [0.15, 0.2) is 10.9 Å². The van der Waals surface area contributed by atoms with Gasteiger partial charge < -0.3 is 24.7 Å². The first-order valence-electron chi connectivity index (χ1n) is 9.91. The summed E-state index contributed by atoms with van der Waals surface area (Å²) >= 11 is 1.22. The van der Waals surface area contributed by atoms with E-state index < -0.39 is 11.8 Å². The van der Waals surface area contributed by atoms with Gasteiger partial charge in [0.1, 0.15) is 6.54 Å². The van der Waals surface area contributed by atoms with Gasteiger partial charge in [0, 0.05) is 25.6 Å². The number of methoxy groups -OCH3 is 1. The average molecular weight is 457 g/mol. The largest absolute Gasteiger partial charge is 0.459 e. The Morgan fingerprint density at radius 2 is 1.94 bits per heavy atom. The maximum atomic E-state index is 12.5. The smallest absolute Gasteiger partial charge is 0.290 e. The molecule has 2 heterocycles. The maximum absolute atomic E-state index is 12.5. The van der Waals surface area contributed by atoms with Crippen LogP contribution < -0.4 is 10.6 Å². The van der Waals surface area contributed by atoms with E-state index in [1.807, 2.05) is 30.3 Å². The number of rotatable bonds is 11. The standard InChI is InChI=1S/C22H24N4O5S/c1-30-11-9-26(21(29)18-8-5-10-31-18)14-20(28)25-22-24-17(15-32-22)12-19(27)23-13-16-6-3-2-4-7-16/h2-8,10,15H,9,11-14H2,1H3,(H,23,27)(H,24,25,28). The molecule has 0 saturated heterocycles. The number of nitrogens with one attached hydrogen (secondary N) is 2. The molecular weight excluding hydrogens is 432 g/mol. The molecule has 0 spiro atoms. The summed E-state index contributed by atoms with van der Waals surface area (Å²) in [4.78, 5) is 42.8. The topological polar surface area (TPSA) is 114 Å². The van der Waals surface area contributed by atoms with Crippen molar-refractivity contribution in [2.24, 2.45) is 0 Å². The van der Waals surface area contributed by atoms with E-state index in [4.69, 9.17) is 9.15 Å². The quantitative estimate of drug-likeness (QED) is 0.458. The summed E-state index contributed by atoms with van der Waals surface area (Å²) in [6.07, 6.45) is 1.51. The van der Waals surface area contributed by atoms with Crippen molar-refractivity contribution in [2.75, 3.05) is 32.1 Å². The normalized spacial score (nSPS) is 10.5. The predicted octanol–water partition coefficient (Wildman–Crippen LogP) is 2.32. The monoisotopic (exact) mass is 456 g/mol. The van der Waals surface area contributed by atoms with Crippen LogP contribution in [0.2, 0.25) is 0 Å². The van der Waals surface area contributed by atoms with Crippen LogP contribution in [-0.2, 0) is 27.3 Å². The number of carbonyl (C=O) groups is 3. The molecule has 168 valence electrons. The number of hydrogen-bond donors (Lipinski definition) is 2. The van der Waals surface area contributed by atoms with Crippen LogP contribution in [-0.4, -0.2) is 54.4 Å². The fraction of sp³-hybridized carbons (Fsp3) is 0.273. The lowest BCUT2D eigenvalue weighted by atomic mass is 10.2. The van der Waals surface area contributed by atoms with Crippen LogP contribution >= 0.6 is 11.3 Å². The van der Waals surface area contributed by atoms with Crippen molar-refractivity contribution in [3.05, 3.63) is 71.1 Å². The molecule has 3 amide bonds. The lowest BCUT2D eigenvalue weighted by molar-refractivity contribution is -0.120. The molecule has 2 N–H and O–H groups in total. The molecule has 0 bridgehead atoms. The summed E-state index contributed by atoms with van der Waals surface area (Å²) in [6, 6.07) is 12.8. The zero-order valence-corrected chi connectivity index (χ0v) is 18.4. The second-order valence-electron chi connectivity index (χ2n) is 6.83. The summed E-state index contributed by atoms with van der Waals surface area (Å²) in [5.41, 5.74) is 1.56. The number of furan rings is 1. The molecule has 32 heavy (non-hydrogen) atoms. The molecule has 0 radical (unpaired) electrons. The Kier molecular flexibility index (Phi) is 8.52. The Bertz CT molecular complexity index is 1020. The number of hydrogen-bond acceptors (Lipinski definition) is 7. The summed E-state index contributed by atoms with van der Waals surface area (Å²) in [6.45, 7) is 0.761. The predicted molar refractivity (Wildman–Crippen MR) is 119 cm³/mol. The van der Waals surface area contributed by atoms with Crippen LogP contribution in [0.15, 0.2) is 58.5 Å². The van der Waals surface area contributed by atoms with Gasteiger partial charge in [-0.1, -0.05) is 30.3 Å². The van der Waals surface area contributed by atoms with Gasteiger partial charge in [0.25, 0.3) is 5.91 Å². The first kappa shape index (κ1) is 23.2. The van der Waals surface area contributed by atoms with E-state index in [9.17, 15) is 14.4 Å². The minimum Gasteiger partial charge on any atom is -0.459 e. The fourth-order valence-electron chi connectivity index (χ4n) is 2.81. The van der Waals surface area contributed by atoms with Gasteiger partial charge in [-0.2, -0.15) is 0 Å². The number of carbonyl (C=O) groups excluding carboxylic acids is 3. The Morgan fingerprint density at radius 1 is 1.12 bits per heavy atom. The van der Waals surface area contributed by atoms with Crippen molar-refractivity contribution in [2.45, 2.75) is 13.0 Å². The highest BCUT2D eigenvalue weighted by molar-refractivity contribution is 7.13. The second-order valence-corrected chi connectivity index (χ2v) is 7.69. The molecule has 3 aromatic rings. The molecule has 0 aliphatic carbocycles. The van der Waals surface area contributed by atoms with E-state index in [0.29, 0.717) is 17.4 Å². The SMILES string of the molecule is COCCN(CC(=O)Nc1nc(CC(=O)NCc2ccccc2)cs1)C(=O)c1ccco1. The van der Waals surface area contributed by atoms with Gasteiger partial charge in [-0.3, -0.25) is 14.4 Å². The van der Waals surface area contributed by atoms with Crippen molar-refractivity contribution in [1.82, 2.24) is 15.2 Å². The highest BCUT2D eigenvalue weighted by Crippen LogP contribution is 2.16. The van der Waals surface area contributed by atoms with Crippen LogP contribution in [0.25, 0.3) is 0 Å². The zero-order valence-electron chi connectivity index (χ0n) is 17.6. The number of nitrogens with zero attached hydrogens (tertiary/aromatic N) is 2. The Hall–Kier alpha value is -3.50. The first-order valence-corrected chi connectivity index (χ1v) is 10.8. The van der Waals surface area contributed by atoms with Gasteiger partial charge in [0.2, 0.25) is 11.8 Å². The molecule has 0 unspecified atom stereocenters. The second kappa shape index (κ2) is 11.8. The molecule has 9 nitrogen and oxygen atoms in total. The fourth-order valence-corrected chi connectivity index (χ4v) is 3.54. The van der Waals surface area contributed by atoms with Crippen molar-refractivity contribution < 1.29 is 23.5 Å². The summed E-state index contributed by atoms with van der Waals surface area (Å²) in [5.74, 6) is -0.827. The molecule has 0 saturated carbocycles. The van der Waals surface area contributed by atoms with Crippen molar-refractivity contribution in [1.29, 1.82) is 0 Å². The van der Waals surface area contributed by atoms with E-state index >= 15 is 0 Å². The van der Waals surface area contributed by atoms with E-state index in [0.717, 1.165) is 5.56 Å². The van der Waals surface area contributed by atoms with Crippen LogP contribution in [0.4, 0.5) is 5.13 Å². The minimum absolute atomic E-state index is 0.107. The van der Waals surface area contributed by atoms with Gasteiger partial charge in [-0.15, -0.1) is 11.3 Å². The molecular formula is C22H24N4O5S. The average Bonchev–Trinajstić information content (AvgIpc) is 3.48.